The molecule has 2 aromatic rings. The van der Waals surface area contributed by atoms with Gasteiger partial charge in [0.05, 0.1) is 5.69 Å². The van der Waals surface area contributed by atoms with Crippen molar-refractivity contribution in [3.63, 3.8) is 0 Å². The molecule has 4 nitrogen and oxygen atoms in total. The molecule has 2 aromatic carbocycles. The summed E-state index contributed by atoms with van der Waals surface area (Å²) in [7, 11) is 1.78. The highest BCUT2D eigenvalue weighted by atomic mass is 19.1. The van der Waals surface area contributed by atoms with E-state index in [0.29, 0.717) is 18.2 Å². The lowest BCUT2D eigenvalue weighted by molar-refractivity contribution is -0.123. The molecule has 2 rings (SSSR count). The fraction of sp³-hybridized carbons (Fsp3) is 0.385. The molecule has 31 heavy (non-hydrogen) atoms. The zero-order valence-electron chi connectivity index (χ0n) is 19.3. The molecule has 0 aliphatic heterocycles. The van der Waals surface area contributed by atoms with Crippen molar-refractivity contribution in [3.05, 3.63) is 77.8 Å². The number of hydrogen-bond donors (Lipinski definition) is 0. The summed E-state index contributed by atoms with van der Waals surface area (Å²) >= 11 is 0. The largest absolute Gasteiger partial charge is 0.336 e. The van der Waals surface area contributed by atoms with E-state index in [1.54, 1.807) is 36.0 Å². The van der Waals surface area contributed by atoms with Gasteiger partial charge in [-0.25, -0.2) is 9.40 Å². The molecule has 0 aromatic heterocycles. The highest BCUT2D eigenvalue weighted by molar-refractivity contribution is 6.37. The van der Waals surface area contributed by atoms with Gasteiger partial charge in [0.1, 0.15) is 11.5 Å². The second-order valence-corrected chi connectivity index (χ2v) is 8.13. The number of amides is 1. The van der Waals surface area contributed by atoms with Crippen LogP contribution < -0.4 is 5.01 Å². The minimum absolute atomic E-state index is 0.143. The summed E-state index contributed by atoms with van der Waals surface area (Å²) in [6.07, 6.45) is 5.05. The summed E-state index contributed by atoms with van der Waals surface area (Å²) in [6.45, 7) is 8.61. The van der Waals surface area contributed by atoms with Crippen LogP contribution in [0.5, 0.6) is 0 Å². The third kappa shape index (κ3) is 7.67. The monoisotopic (exact) mass is 423 g/mol. The van der Waals surface area contributed by atoms with Crippen molar-refractivity contribution in [1.29, 1.82) is 0 Å². The minimum atomic E-state index is -0.300. The number of carbonyl (C=O) groups is 1. The zero-order chi connectivity index (χ0) is 22.8. The second kappa shape index (κ2) is 12.0. The minimum Gasteiger partial charge on any atom is -0.336 e. The molecular formula is C26H34FN3O. The van der Waals surface area contributed by atoms with Crippen LogP contribution in [0.2, 0.25) is 0 Å². The molecule has 0 saturated carbocycles. The van der Waals surface area contributed by atoms with Crippen molar-refractivity contribution in [2.45, 2.75) is 53.5 Å². The van der Waals surface area contributed by atoms with Crippen LogP contribution in [0.3, 0.4) is 0 Å². The molecule has 0 N–H and O–H groups in total. The Balaban J connectivity index is 2.36. The maximum absolute atomic E-state index is 13.5. The van der Waals surface area contributed by atoms with Crippen LogP contribution in [0.15, 0.2) is 71.5 Å². The van der Waals surface area contributed by atoms with Gasteiger partial charge in [0.15, 0.2) is 0 Å². The number of unbranched alkanes of at least 4 members (excludes halogenated alkanes) is 1. The molecule has 0 heterocycles. The highest BCUT2D eigenvalue weighted by Crippen LogP contribution is 2.25. The average molecular weight is 424 g/mol. The topological polar surface area (TPSA) is 35.9 Å². The van der Waals surface area contributed by atoms with Crippen LogP contribution in [-0.2, 0) is 11.3 Å². The van der Waals surface area contributed by atoms with Crippen molar-refractivity contribution in [3.8, 4) is 0 Å². The molecular weight excluding hydrogens is 389 g/mol. The second-order valence-electron chi connectivity index (χ2n) is 8.13. The van der Waals surface area contributed by atoms with Crippen LogP contribution in [0.25, 0.3) is 0 Å². The Morgan fingerprint density at radius 3 is 2.32 bits per heavy atom. The number of nitrogens with zero attached hydrogens (tertiary/aromatic N) is 3. The van der Waals surface area contributed by atoms with Crippen LogP contribution in [0.1, 0.15) is 52.5 Å². The van der Waals surface area contributed by atoms with Gasteiger partial charge in [0.25, 0.3) is 5.91 Å². The van der Waals surface area contributed by atoms with E-state index in [4.69, 9.17) is 5.10 Å². The zero-order valence-corrected chi connectivity index (χ0v) is 19.3. The molecule has 0 radical (unpaired) electrons. The van der Waals surface area contributed by atoms with Gasteiger partial charge in [-0.05, 0) is 55.5 Å². The van der Waals surface area contributed by atoms with E-state index in [1.807, 2.05) is 30.3 Å². The van der Waals surface area contributed by atoms with Gasteiger partial charge < -0.3 is 4.90 Å². The van der Waals surface area contributed by atoms with Gasteiger partial charge in [-0.1, -0.05) is 63.6 Å². The van der Waals surface area contributed by atoms with E-state index >= 15 is 0 Å². The molecule has 0 aliphatic carbocycles. The maximum atomic E-state index is 13.5. The first-order valence-corrected chi connectivity index (χ1v) is 10.9. The van der Waals surface area contributed by atoms with Gasteiger partial charge in [-0.15, -0.1) is 0 Å². The van der Waals surface area contributed by atoms with E-state index in [9.17, 15) is 9.18 Å². The van der Waals surface area contributed by atoms with Crippen molar-refractivity contribution in [2.75, 3.05) is 12.1 Å². The number of hydrogen-bond acceptors (Lipinski definition) is 3. The Morgan fingerprint density at radius 1 is 1.10 bits per heavy atom. The van der Waals surface area contributed by atoms with E-state index < -0.39 is 0 Å². The van der Waals surface area contributed by atoms with Gasteiger partial charge in [0.2, 0.25) is 0 Å². The number of allylic oxidation sites excluding steroid dienone is 2. The number of rotatable bonds is 10. The first-order chi connectivity index (χ1) is 14.8. The van der Waals surface area contributed by atoms with Crippen LogP contribution in [0, 0.1) is 11.7 Å². The standard InChI is InChI=1S/C26H34FN3O/c1-6-7-13-25(18-20(2)3)30(24-16-14-23(27)15-17-24)28-21(4)26(31)29(5)19-22-11-9-8-10-12-22/h8-12,14-18,20H,6-7,13,19H2,1-5H3/b25-18+,28-21+. The summed E-state index contributed by atoms with van der Waals surface area (Å²) in [4.78, 5) is 14.7. The third-order valence-electron chi connectivity index (χ3n) is 4.82. The number of carbonyl (C=O) groups excluding carboxylic acids is 1. The van der Waals surface area contributed by atoms with Gasteiger partial charge in [0, 0.05) is 19.3 Å². The Kier molecular flexibility index (Phi) is 9.44. The predicted octanol–water partition coefficient (Wildman–Crippen LogP) is 6.40. The van der Waals surface area contributed by atoms with Crippen molar-refractivity contribution >= 4 is 17.3 Å². The van der Waals surface area contributed by atoms with E-state index in [1.165, 1.54) is 12.1 Å². The average Bonchev–Trinajstić information content (AvgIpc) is 2.75. The molecule has 0 atom stereocenters. The normalized spacial score (nSPS) is 12.2. The first kappa shape index (κ1) is 24.3. The molecule has 0 bridgehead atoms. The summed E-state index contributed by atoms with van der Waals surface area (Å²) in [6, 6.07) is 16.1. The first-order valence-electron chi connectivity index (χ1n) is 10.9. The third-order valence-corrected chi connectivity index (χ3v) is 4.82. The Hall–Kier alpha value is -2.95. The van der Waals surface area contributed by atoms with Gasteiger partial charge in [-0.3, -0.25) is 4.79 Å². The lowest BCUT2D eigenvalue weighted by Crippen LogP contribution is -2.33. The number of hydrazone groups is 1. The summed E-state index contributed by atoms with van der Waals surface area (Å²) < 4.78 is 13.5. The number of anilines is 1. The van der Waals surface area contributed by atoms with E-state index in [-0.39, 0.29) is 11.7 Å². The number of halogens is 1. The number of benzene rings is 2. The Morgan fingerprint density at radius 2 is 1.74 bits per heavy atom. The molecule has 0 unspecified atom stereocenters. The van der Waals surface area contributed by atoms with Crippen molar-refractivity contribution < 1.29 is 9.18 Å². The van der Waals surface area contributed by atoms with Crippen molar-refractivity contribution in [2.24, 2.45) is 11.0 Å². The summed E-state index contributed by atoms with van der Waals surface area (Å²) in [5.41, 5.74) is 3.20. The highest BCUT2D eigenvalue weighted by Gasteiger charge is 2.18. The lowest BCUT2D eigenvalue weighted by Gasteiger charge is -2.25. The van der Waals surface area contributed by atoms with Crippen LogP contribution in [0.4, 0.5) is 10.1 Å². The summed E-state index contributed by atoms with van der Waals surface area (Å²) in [5, 5.41) is 6.50. The quantitative estimate of drug-likeness (QED) is 0.328. The summed E-state index contributed by atoms with van der Waals surface area (Å²) in [5.74, 6) is -0.122. The molecule has 166 valence electrons. The molecule has 0 saturated heterocycles. The molecule has 0 spiro atoms. The van der Waals surface area contributed by atoms with Crippen LogP contribution in [-0.4, -0.2) is 23.6 Å². The molecule has 0 aliphatic rings. The van der Waals surface area contributed by atoms with E-state index in [2.05, 4.69) is 26.8 Å². The van der Waals surface area contributed by atoms with Crippen molar-refractivity contribution in [1.82, 2.24) is 4.90 Å². The maximum Gasteiger partial charge on any atom is 0.269 e. The lowest BCUT2D eigenvalue weighted by atomic mass is 10.1. The Labute approximate surface area is 186 Å². The fourth-order valence-electron chi connectivity index (χ4n) is 3.27. The van der Waals surface area contributed by atoms with Crippen LogP contribution >= 0.6 is 0 Å². The van der Waals surface area contributed by atoms with Gasteiger partial charge in [-0.2, -0.15) is 5.10 Å². The molecule has 5 heteroatoms. The van der Waals surface area contributed by atoms with E-state index in [0.717, 1.165) is 36.2 Å². The fourth-order valence-corrected chi connectivity index (χ4v) is 3.27. The van der Waals surface area contributed by atoms with Gasteiger partial charge >= 0.3 is 0 Å². The Bertz CT molecular complexity index is 889. The molecule has 0 fully saturated rings. The molecule has 1 amide bonds. The smallest absolute Gasteiger partial charge is 0.269 e. The SMILES string of the molecule is CCCC/C(=C\C(C)C)N(/N=C(\C)C(=O)N(C)Cc1ccccc1)c1ccc(F)cc1. The predicted molar refractivity (Wildman–Crippen MR) is 127 cm³/mol.